The molecule has 16 heavy (non-hydrogen) atoms. The fraction of sp³-hybridized carbons (Fsp3) is 0.917. The molecule has 2 fully saturated rings. The van der Waals surface area contributed by atoms with Crippen molar-refractivity contribution in [1.29, 1.82) is 0 Å². The maximum absolute atomic E-state index is 12.3. The molecule has 0 spiro atoms. The molecule has 0 saturated carbocycles. The molecule has 2 saturated heterocycles. The molecule has 2 unspecified atom stereocenters. The highest BCUT2D eigenvalue weighted by molar-refractivity contribution is 7.99. The lowest BCUT2D eigenvalue weighted by Gasteiger charge is -2.29. The number of likely N-dealkylation sites (tertiary alicyclic amines) is 1. The maximum Gasteiger partial charge on any atom is 0.240 e. The number of carbonyl (C=O) groups excluding carboxylic acids is 1. The van der Waals surface area contributed by atoms with E-state index < -0.39 is 0 Å². The Hall–Kier alpha value is -0.220. The van der Waals surface area contributed by atoms with Gasteiger partial charge in [0.1, 0.15) is 0 Å². The van der Waals surface area contributed by atoms with Crippen LogP contribution in [-0.4, -0.2) is 48.0 Å². The number of amides is 1. The second kappa shape index (κ2) is 5.92. The third-order valence-electron chi connectivity index (χ3n) is 3.55. The zero-order valence-corrected chi connectivity index (χ0v) is 10.9. The highest BCUT2D eigenvalue weighted by atomic mass is 32.2. The zero-order chi connectivity index (χ0) is 11.4. The van der Waals surface area contributed by atoms with Crippen LogP contribution in [0.1, 0.15) is 26.2 Å². The normalized spacial score (nSPS) is 32.2. The van der Waals surface area contributed by atoms with Crippen molar-refractivity contribution in [2.45, 2.75) is 32.2 Å². The number of thioether (sulfide) groups is 1. The van der Waals surface area contributed by atoms with Crippen molar-refractivity contribution in [2.24, 2.45) is 5.92 Å². The number of nitrogens with zero attached hydrogens (tertiary/aromatic N) is 1. The van der Waals surface area contributed by atoms with Gasteiger partial charge >= 0.3 is 0 Å². The molecule has 0 aliphatic carbocycles. The van der Waals surface area contributed by atoms with E-state index >= 15 is 0 Å². The van der Waals surface area contributed by atoms with Gasteiger partial charge in [0.15, 0.2) is 0 Å². The molecule has 0 aromatic rings. The Bertz CT molecular complexity index is 241. The van der Waals surface area contributed by atoms with E-state index in [1.165, 1.54) is 19.3 Å². The van der Waals surface area contributed by atoms with E-state index in [1.807, 2.05) is 11.8 Å². The minimum absolute atomic E-state index is 0.0761. The standard InChI is InChI=1S/C12H22N2OS/c1-10-3-2-6-14(7-4-10)12(15)11-9-16-8-5-13-11/h10-11,13H,2-9H2,1H3. The van der Waals surface area contributed by atoms with Crippen molar-refractivity contribution < 1.29 is 4.79 Å². The van der Waals surface area contributed by atoms with Crippen LogP contribution in [0.2, 0.25) is 0 Å². The van der Waals surface area contributed by atoms with Gasteiger partial charge in [0.25, 0.3) is 0 Å². The summed E-state index contributed by atoms with van der Waals surface area (Å²) < 4.78 is 0. The van der Waals surface area contributed by atoms with E-state index in [4.69, 9.17) is 0 Å². The number of carbonyl (C=O) groups is 1. The first-order valence-corrected chi connectivity index (χ1v) is 7.53. The first-order chi connectivity index (χ1) is 7.77. The molecule has 0 bridgehead atoms. The lowest BCUT2D eigenvalue weighted by molar-refractivity contribution is -0.132. The number of hydrogen-bond donors (Lipinski definition) is 1. The lowest BCUT2D eigenvalue weighted by atomic mass is 10.0. The minimum atomic E-state index is 0.0761. The Morgan fingerprint density at radius 2 is 2.25 bits per heavy atom. The predicted molar refractivity (Wildman–Crippen MR) is 68.7 cm³/mol. The van der Waals surface area contributed by atoms with Crippen molar-refractivity contribution in [3.8, 4) is 0 Å². The zero-order valence-electron chi connectivity index (χ0n) is 10.1. The smallest absolute Gasteiger partial charge is 0.240 e. The average Bonchev–Trinajstić information content (AvgIpc) is 2.54. The third-order valence-corrected chi connectivity index (χ3v) is 4.61. The summed E-state index contributed by atoms with van der Waals surface area (Å²) in [5.41, 5.74) is 0. The molecule has 2 heterocycles. The molecular weight excluding hydrogens is 220 g/mol. The molecule has 0 aromatic heterocycles. The van der Waals surface area contributed by atoms with E-state index in [0.29, 0.717) is 5.91 Å². The van der Waals surface area contributed by atoms with Crippen LogP contribution < -0.4 is 5.32 Å². The van der Waals surface area contributed by atoms with Gasteiger partial charge in [-0.2, -0.15) is 11.8 Å². The van der Waals surface area contributed by atoms with Gasteiger partial charge in [-0.25, -0.2) is 0 Å². The molecule has 1 N–H and O–H groups in total. The average molecular weight is 242 g/mol. The largest absolute Gasteiger partial charge is 0.341 e. The van der Waals surface area contributed by atoms with Crippen molar-refractivity contribution in [3.63, 3.8) is 0 Å². The first-order valence-electron chi connectivity index (χ1n) is 6.37. The molecule has 2 aliphatic heterocycles. The van der Waals surface area contributed by atoms with Gasteiger partial charge in [-0.3, -0.25) is 4.79 Å². The van der Waals surface area contributed by atoms with Crippen LogP contribution in [0, 0.1) is 5.92 Å². The Morgan fingerprint density at radius 1 is 1.38 bits per heavy atom. The molecule has 0 aromatic carbocycles. The molecule has 3 nitrogen and oxygen atoms in total. The molecule has 1 amide bonds. The molecule has 92 valence electrons. The summed E-state index contributed by atoms with van der Waals surface area (Å²) in [6.45, 7) is 5.20. The van der Waals surface area contributed by atoms with Crippen molar-refractivity contribution in [2.75, 3.05) is 31.1 Å². The number of rotatable bonds is 1. The van der Waals surface area contributed by atoms with Crippen LogP contribution in [0.15, 0.2) is 0 Å². The monoisotopic (exact) mass is 242 g/mol. The fourth-order valence-electron chi connectivity index (χ4n) is 2.43. The minimum Gasteiger partial charge on any atom is -0.341 e. The van der Waals surface area contributed by atoms with Gasteiger partial charge in [-0.15, -0.1) is 0 Å². The van der Waals surface area contributed by atoms with E-state index in [9.17, 15) is 4.79 Å². The molecular formula is C12H22N2OS. The van der Waals surface area contributed by atoms with Crippen molar-refractivity contribution in [3.05, 3.63) is 0 Å². The number of hydrogen-bond acceptors (Lipinski definition) is 3. The lowest BCUT2D eigenvalue weighted by Crippen LogP contribution is -2.50. The van der Waals surface area contributed by atoms with Gasteiger partial charge in [0.2, 0.25) is 5.91 Å². The van der Waals surface area contributed by atoms with Crippen LogP contribution >= 0.6 is 11.8 Å². The molecule has 2 aliphatic rings. The fourth-order valence-corrected chi connectivity index (χ4v) is 3.35. The topological polar surface area (TPSA) is 32.3 Å². The maximum atomic E-state index is 12.3. The van der Waals surface area contributed by atoms with Gasteiger partial charge in [0.05, 0.1) is 6.04 Å². The molecule has 2 rings (SSSR count). The second-order valence-corrected chi connectivity index (χ2v) is 6.09. The van der Waals surface area contributed by atoms with E-state index in [2.05, 4.69) is 17.1 Å². The van der Waals surface area contributed by atoms with Gasteiger partial charge in [-0.1, -0.05) is 6.92 Å². The summed E-state index contributed by atoms with van der Waals surface area (Å²) in [6, 6.07) is 0.0761. The predicted octanol–water partition coefficient (Wildman–Crippen LogP) is 1.34. The summed E-state index contributed by atoms with van der Waals surface area (Å²) >= 11 is 1.89. The number of nitrogens with one attached hydrogen (secondary N) is 1. The highest BCUT2D eigenvalue weighted by Gasteiger charge is 2.27. The van der Waals surface area contributed by atoms with Crippen molar-refractivity contribution in [1.82, 2.24) is 10.2 Å². The SMILES string of the molecule is CC1CCCN(C(=O)C2CSCCN2)CC1. The Morgan fingerprint density at radius 3 is 3.00 bits per heavy atom. The quantitative estimate of drug-likeness (QED) is 0.753. The second-order valence-electron chi connectivity index (χ2n) is 4.94. The van der Waals surface area contributed by atoms with Crippen molar-refractivity contribution >= 4 is 17.7 Å². The van der Waals surface area contributed by atoms with Gasteiger partial charge in [0, 0.05) is 31.1 Å². The highest BCUT2D eigenvalue weighted by Crippen LogP contribution is 2.18. The Balaban J connectivity index is 1.87. The van der Waals surface area contributed by atoms with Crippen LogP contribution in [0.3, 0.4) is 0 Å². The summed E-state index contributed by atoms with van der Waals surface area (Å²) in [5, 5.41) is 3.34. The van der Waals surface area contributed by atoms with Crippen LogP contribution in [0.25, 0.3) is 0 Å². The van der Waals surface area contributed by atoms with E-state index in [-0.39, 0.29) is 6.04 Å². The van der Waals surface area contributed by atoms with Crippen LogP contribution in [-0.2, 0) is 4.79 Å². The van der Waals surface area contributed by atoms with E-state index in [0.717, 1.165) is 37.1 Å². The van der Waals surface area contributed by atoms with Crippen LogP contribution in [0.4, 0.5) is 0 Å². The van der Waals surface area contributed by atoms with Gasteiger partial charge < -0.3 is 10.2 Å². The summed E-state index contributed by atoms with van der Waals surface area (Å²) in [4.78, 5) is 14.3. The molecule has 2 atom stereocenters. The van der Waals surface area contributed by atoms with Gasteiger partial charge in [-0.05, 0) is 25.2 Å². The molecule has 0 radical (unpaired) electrons. The Labute approximate surface area is 102 Å². The third kappa shape index (κ3) is 3.14. The summed E-state index contributed by atoms with van der Waals surface area (Å²) in [7, 11) is 0. The summed E-state index contributed by atoms with van der Waals surface area (Å²) in [6.07, 6.45) is 3.62. The Kier molecular flexibility index (Phi) is 4.53. The van der Waals surface area contributed by atoms with Crippen LogP contribution in [0.5, 0.6) is 0 Å². The summed E-state index contributed by atoms with van der Waals surface area (Å²) in [5.74, 6) is 3.21. The van der Waals surface area contributed by atoms with E-state index in [1.54, 1.807) is 0 Å². The first kappa shape index (κ1) is 12.2. The molecule has 4 heteroatoms.